The van der Waals surface area contributed by atoms with Gasteiger partial charge in [0.1, 0.15) is 5.60 Å². The van der Waals surface area contributed by atoms with E-state index < -0.39 is 11.7 Å². The van der Waals surface area contributed by atoms with Crippen molar-refractivity contribution >= 4 is 6.09 Å². The van der Waals surface area contributed by atoms with Crippen LogP contribution in [0.2, 0.25) is 0 Å². The van der Waals surface area contributed by atoms with Crippen LogP contribution in [0.3, 0.4) is 0 Å². The van der Waals surface area contributed by atoms with Gasteiger partial charge in [-0.05, 0) is 45.7 Å². The Bertz CT molecular complexity index is 186. The predicted molar refractivity (Wildman–Crippen MR) is 50.3 cm³/mol. The van der Waals surface area contributed by atoms with Crippen LogP contribution in [0.4, 0.5) is 4.79 Å². The largest absolute Gasteiger partial charge is 0.444 e. The van der Waals surface area contributed by atoms with Crippen LogP contribution in [0.25, 0.3) is 0 Å². The van der Waals surface area contributed by atoms with Gasteiger partial charge in [0.15, 0.2) is 0 Å². The van der Waals surface area contributed by atoms with Crippen LogP contribution in [0.5, 0.6) is 0 Å². The molecule has 0 aromatic carbocycles. The number of nitrogens with two attached hydrogens (primary N) is 1. The van der Waals surface area contributed by atoms with Crippen molar-refractivity contribution in [1.29, 1.82) is 0 Å². The molecule has 0 saturated carbocycles. The fourth-order valence-electron chi connectivity index (χ4n) is 1.90. The second kappa shape index (κ2) is 3.96. The highest BCUT2D eigenvalue weighted by atomic mass is 16.6. The summed E-state index contributed by atoms with van der Waals surface area (Å²) in [6, 6.07) is 0. The van der Waals surface area contributed by atoms with Crippen molar-refractivity contribution in [2.75, 3.05) is 13.1 Å². The zero-order valence-corrected chi connectivity index (χ0v) is 8.30. The monoisotopic (exact) mass is 186 g/mol. The van der Waals surface area contributed by atoms with Crippen molar-refractivity contribution in [3.05, 3.63) is 0 Å². The average Bonchev–Trinajstić information content (AvgIpc) is 2.34. The Kier molecular flexibility index (Phi) is 3.14. The molecule has 1 unspecified atom stereocenters. The lowest BCUT2D eigenvalue weighted by Gasteiger charge is -2.26. The van der Waals surface area contributed by atoms with Crippen molar-refractivity contribution in [3.8, 4) is 0 Å². The first-order valence-electron chi connectivity index (χ1n) is 4.69. The highest BCUT2D eigenvalue weighted by molar-refractivity contribution is 5.65. The lowest BCUT2D eigenvalue weighted by Crippen LogP contribution is -2.33. The maximum absolute atomic E-state index is 10.6. The second-order valence-corrected chi connectivity index (χ2v) is 4.24. The van der Waals surface area contributed by atoms with E-state index in [-0.39, 0.29) is 0 Å². The zero-order chi connectivity index (χ0) is 9.90. The van der Waals surface area contributed by atoms with Gasteiger partial charge in [-0.2, -0.15) is 0 Å². The summed E-state index contributed by atoms with van der Waals surface area (Å²) in [4.78, 5) is 10.6. The van der Waals surface area contributed by atoms with Crippen molar-refractivity contribution < 1.29 is 9.53 Å². The smallest absolute Gasteiger partial charge is 0.405 e. The lowest BCUT2D eigenvalue weighted by atomic mass is 9.93. The molecule has 0 aliphatic carbocycles. The molecule has 3 N–H and O–H groups in total. The summed E-state index contributed by atoms with van der Waals surface area (Å²) in [5, 5.41) is 3.28. The molecule has 1 amide bonds. The second-order valence-electron chi connectivity index (χ2n) is 4.24. The van der Waals surface area contributed by atoms with E-state index in [2.05, 4.69) is 5.32 Å². The maximum atomic E-state index is 10.6. The Morgan fingerprint density at radius 2 is 2.38 bits per heavy atom. The Morgan fingerprint density at radius 3 is 2.85 bits per heavy atom. The zero-order valence-electron chi connectivity index (χ0n) is 8.30. The molecule has 1 aliphatic heterocycles. The van der Waals surface area contributed by atoms with E-state index in [1.165, 1.54) is 0 Å². The van der Waals surface area contributed by atoms with Gasteiger partial charge in [0.25, 0.3) is 0 Å². The van der Waals surface area contributed by atoms with Crippen LogP contribution in [0.15, 0.2) is 0 Å². The summed E-state index contributed by atoms with van der Waals surface area (Å²) < 4.78 is 5.01. The van der Waals surface area contributed by atoms with E-state index in [0.29, 0.717) is 5.92 Å². The molecule has 1 atom stereocenters. The molecule has 0 aromatic heterocycles. The summed E-state index contributed by atoms with van der Waals surface area (Å²) in [7, 11) is 0. The summed E-state index contributed by atoms with van der Waals surface area (Å²) in [5.41, 5.74) is 4.55. The van der Waals surface area contributed by atoms with Crippen LogP contribution < -0.4 is 11.1 Å². The third kappa shape index (κ3) is 3.63. The van der Waals surface area contributed by atoms with E-state index in [1.807, 2.05) is 13.8 Å². The SMILES string of the molecule is CC(C)(CC1CCNC1)OC(N)=O. The van der Waals surface area contributed by atoms with E-state index in [9.17, 15) is 4.79 Å². The van der Waals surface area contributed by atoms with Crippen molar-refractivity contribution in [1.82, 2.24) is 5.32 Å². The Balaban J connectivity index is 2.35. The quantitative estimate of drug-likeness (QED) is 0.687. The maximum Gasteiger partial charge on any atom is 0.405 e. The lowest BCUT2D eigenvalue weighted by molar-refractivity contribution is 0.0284. The summed E-state index contributed by atoms with van der Waals surface area (Å²) in [6.45, 7) is 5.88. The number of hydrogen-bond donors (Lipinski definition) is 2. The van der Waals surface area contributed by atoms with E-state index in [4.69, 9.17) is 10.5 Å². The van der Waals surface area contributed by atoms with Crippen LogP contribution >= 0.6 is 0 Å². The highest BCUT2D eigenvalue weighted by Gasteiger charge is 2.27. The molecule has 1 heterocycles. The van der Waals surface area contributed by atoms with Crippen LogP contribution in [-0.4, -0.2) is 24.8 Å². The highest BCUT2D eigenvalue weighted by Crippen LogP contribution is 2.24. The molecule has 0 bridgehead atoms. The third-order valence-electron chi connectivity index (χ3n) is 2.32. The van der Waals surface area contributed by atoms with Gasteiger partial charge in [0.2, 0.25) is 0 Å². The van der Waals surface area contributed by atoms with Crippen LogP contribution in [-0.2, 0) is 4.74 Å². The molecule has 1 fully saturated rings. The molecule has 1 aliphatic rings. The van der Waals surface area contributed by atoms with Gasteiger partial charge < -0.3 is 15.8 Å². The first kappa shape index (κ1) is 10.3. The molecule has 0 aromatic rings. The minimum Gasteiger partial charge on any atom is -0.444 e. The summed E-state index contributed by atoms with van der Waals surface area (Å²) in [5.74, 6) is 0.606. The standard InChI is InChI=1S/C9H18N2O2/c1-9(2,13-8(10)12)5-7-3-4-11-6-7/h7,11H,3-6H2,1-2H3,(H2,10,12). The molecule has 1 saturated heterocycles. The fourth-order valence-corrected chi connectivity index (χ4v) is 1.90. The van der Waals surface area contributed by atoms with Gasteiger partial charge in [-0.15, -0.1) is 0 Å². The predicted octanol–water partition coefficient (Wildman–Crippen LogP) is 0.860. The Morgan fingerprint density at radius 1 is 1.69 bits per heavy atom. The number of nitrogens with one attached hydrogen (secondary N) is 1. The summed E-state index contributed by atoms with van der Waals surface area (Å²) >= 11 is 0. The Hall–Kier alpha value is -0.770. The fraction of sp³-hybridized carbons (Fsp3) is 0.889. The number of hydrogen-bond acceptors (Lipinski definition) is 3. The molecular weight excluding hydrogens is 168 g/mol. The summed E-state index contributed by atoms with van der Waals surface area (Å²) in [6.07, 6.45) is 1.35. The van der Waals surface area contributed by atoms with Gasteiger partial charge in [-0.25, -0.2) is 4.79 Å². The third-order valence-corrected chi connectivity index (χ3v) is 2.32. The van der Waals surface area contributed by atoms with Gasteiger partial charge in [-0.1, -0.05) is 0 Å². The number of primary amides is 1. The van der Waals surface area contributed by atoms with Gasteiger partial charge in [-0.3, -0.25) is 0 Å². The molecule has 0 spiro atoms. The molecule has 0 radical (unpaired) electrons. The van der Waals surface area contributed by atoms with Crippen molar-refractivity contribution in [3.63, 3.8) is 0 Å². The molecular formula is C9H18N2O2. The van der Waals surface area contributed by atoms with Crippen molar-refractivity contribution in [2.24, 2.45) is 11.7 Å². The first-order chi connectivity index (χ1) is 5.99. The molecule has 76 valence electrons. The number of carbonyl (C=O) groups excluding carboxylic acids is 1. The topological polar surface area (TPSA) is 64.3 Å². The minimum atomic E-state index is -0.684. The normalized spacial score (nSPS) is 23.1. The van der Waals surface area contributed by atoms with Crippen LogP contribution in [0, 0.1) is 5.92 Å². The van der Waals surface area contributed by atoms with Crippen molar-refractivity contribution in [2.45, 2.75) is 32.3 Å². The van der Waals surface area contributed by atoms with E-state index >= 15 is 0 Å². The van der Waals surface area contributed by atoms with Gasteiger partial charge in [0.05, 0.1) is 0 Å². The number of rotatable bonds is 3. The van der Waals surface area contributed by atoms with E-state index in [1.54, 1.807) is 0 Å². The van der Waals surface area contributed by atoms with Gasteiger partial charge >= 0.3 is 6.09 Å². The number of amides is 1. The van der Waals surface area contributed by atoms with Gasteiger partial charge in [0, 0.05) is 0 Å². The molecule has 1 rings (SSSR count). The number of ether oxygens (including phenoxy) is 1. The van der Waals surface area contributed by atoms with Crippen LogP contribution in [0.1, 0.15) is 26.7 Å². The molecule has 4 heteroatoms. The minimum absolute atomic E-state index is 0.428. The first-order valence-corrected chi connectivity index (χ1v) is 4.69. The van der Waals surface area contributed by atoms with E-state index in [0.717, 1.165) is 25.9 Å². The number of carbonyl (C=O) groups is 1. The average molecular weight is 186 g/mol. The molecule has 4 nitrogen and oxygen atoms in total. The molecule has 13 heavy (non-hydrogen) atoms. The Labute approximate surface area is 78.8 Å².